The van der Waals surface area contributed by atoms with Crippen molar-refractivity contribution in [2.45, 2.75) is 241 Å². The molecule has 2 heteroatoms. The molecule has 0 amide bonds. The summed E-state index contributed by atoms with van der Waals surface area (Å²) in [6.07, 6.45) is 8.64. The molecular formula is C59H104F2. The van der Waals surface area contributed by atoms with E-state index < -0.39 is 30.3 Å². The van der Waals surface area contributed by atoms with Crippen molar-refractivity contribution in [3.05, 3.63) is 35.4 Å². The third-order valence-electron chi connectivity index (χ3n) is 21.8. The molecule has 6 rings (SSSR count). The molecule has 5 fully saturated rings. The molecule has 1 aromatic rings. The largest absolute Gasteiger partial charge is 0.204 e. The lowest BCUT2D eigenvalue weighted by Gasteiger charge is -2.67. The summed E-state index contributed by atoms with van der Waals surface area (Å²) in [5.74, 6) is 3.41. The zero-order chi connectivity index (χ0) is 50.1. The van der Waals surface area contributed by atoms with Crippen LogP contribution < -0.4 is 0 Å². The van der Waals surface area contributed by atoms with Crippen LogP contribution in [0.4, 0.5) is 8.78 Å². The predicted molar refractivity (Wildman–Crippen MR) is 264 cm³/mol. The van der Waals surface area contributed by atoms with Crippen LogP contribution in [-0.4, -0.2) is 0 Å². The van der Waals surface area contributed by atoms with E-state index in [1.807, 2.05) is 6.92 Å². The summed E-state index contributed by atoms with van der Waals surface area (Å²) in [7, 11) is 0. The van der Waals surface area contributed by atoms with E-state index in [-0.39, 0.29) is 11.8 Å². The summed E-state index contributed by atoms with van der Waals surface area (Å²) in [6, 6.07) is 4.15. The van der Waals surface area contributed by atoms with E-state index in [1.165, 1.54) is 37.8 Å². The number of halogens is 2. The first-order valence-electron chi connectivity index (χ1n) is 27.6. The Morgan fingerprint density at radius 3 is 1.15 bits per heavy atom. The number of rotatable bonds is 5. The van der Waals surface area contributed by atoms with Gasteiger partial charge in [-0.2, -0.15) is 0 Å². The summed E-state index contributed by atoms with van der Waals surface area (Å²) < 4.78 is 60.5. The third-order valence-corrected chi connectivity index (χ3v) is 21.8. The van der Waals surface area contributed by atoms with Gasteiger partial charge in [-0.15, -0.1) is 0 Å². The molecule has 5 aliphatic rings. The van der Waals surface area contributed by atoms with Crippen molar-refractivity contribution < 1.29 is 14.3 Å². The van der Waals surface area contributed by atoms with Crippen molar-refractivity contribution in [2.75, 3.05) is 0 Å². The molecule has 0 aliphatic heterocycles. The average Bonchev–Trinajstić information content (AvgIpc) is 3.17. The third kappa shape index (κ3) is 10.9. The predicted octanol–water partition coefficient (Wildman–Crippen LogP) is 19.4. The Morgan fingerprint density at radius 2 is 0.820 bits per heavy atom. The minimum absolute atomic E-state index is 0.0639. The SMILES string of the molecule is CC1C(C)(C)C(C)(C)C(C)C(C)(C)C1(C)C.CC1C(C)(C)CC(C2CC(C)(C)C(C)C(C)(C)C2)CC1(C)C.[2H]C1([2H])CC(C2CCC(c3ccc(F)c(F)c3)CC2)CC([2H])([2H])C1CCC. The Morgan fingerprint density at radius 1 is 0.475 bits per heavy atom. The van der Waals surface area contributed by atoms with E-state index in [1.54, 1.807) is 6.07 Å². The Balaban J connectivity index is 0.000000221. The molecule has 5 saturated carbocycles. The second-order valence-corrected chi connectivity index (χ2v) is 27.3. The number of benzene rings is 1. The maximum Gasteiger partial charge on any atom is 0.159 e. The molecule has 0 unspecified atom stereocenters. The van der Waals surface area contributed by atoms with E-state index in [4.69, 9.17) is 5.48 Å². The Bertz CT molecular complexity index is 1590. The highest BCUT2D eigenvalue weighted by atomic mass is 19.2. The lowest BCUT2D eigenvalue weighted by atomic mass is 9.37. The molecule has 1 aromatic carbocycles. The second-order valence-electron chi connectivity index (χ2n) is 27.3. The zero-order valence-electron chi connectivity index (χ0n) is 48.2. The van der Waals surface area contributed by atoms with E-state index in [0.717, 1.165) is 73.2 Å². The molecule has 0 bridgehead atoms. The fraction of sp³-hybridized carbons (Fsp3) is 0.898. The van der Waals surface area contributed by atoms with Gasteiger partial charge < -0.3 is 0 Å². The Kier molecular flexibility index (Phi) is 14.3. The van der Waals surface area contributed by atoms with Crippen molar-refractivity contribution in [3.63, 3.8) is 0 Å². The molecule has 0 heterocycles. The van der Waals surface area contributed by atoms with Crippen LogP contribution in [-0.2, 0) is 0 Å². The second kappa shape index (κ2) is 18.8. The fourth-order valence-electron chi connectivity index (χ4n) is 14.6. The minimum Gasteiger partial charge on any atom is -0.204 e. The molecular weight excluding hydrogens is 747 g/mol. The van der Waals surface area contributed by atoms with Gasteiger partial charge in [-0.05, 0) is 184 Å². The lowest BCUT2D eigenvalue weighted by molar-refractivity contribution is -0.193. The highest BCUT2D eigenvalue weighted by Gasteiger charge is 2.62. The standard InChI is InChI=1S/C22H42.C21H30F2.C16H32/c1-15-19(3,4)11-17(12-20(15,5)6)18-13-21(7,8)16(2)22(9,10)14-18;1-2-3-15-4-6-16(7-5-15)17-8-10-18(11-9-17)19-12-13-20(22)21(23)14-19;1-11-13(3,4)15(7,8)12(2)16(9,10)14(11,5)6/h15-18H,11-14H2,1-10H3;12-18H,2-11H2,1H3;11-12H,1-10H3/i;4D2,5D2;. The molecule has 0 N–H and O–H groups in total. The molecule has 0 radical (unpaired) electrons. The summed E-state index contributed by atoms with van der Waals surface area (Å²) >= 11 is 0. The molecule has 0 nitrogen and oxygen atoms in total. The number of hydrogen-bond acceptors (Lipinski definition) is 0. The van der Waals surface area contributed by atoms with Crippen LogP contribution in [0, 0.1) is 108 Å². The maximum atomic E-state index is 13.5. The molecule has 354 valence electrons. The first-order valence-corrected chi connectivity index (χ1v) is 25.6. The van der Waals surface area contributed by atoms with Crippen LogP contribution in [0.25, 0.3) is 0 Å². The van der Waals surface area contributed by atoms with E-state index in [2.05, 4.69) is 138 Å². The van der Waals surface area contributed by atoms with Gasteiger partial charge in [0.15, 0.2) is 11.6 Å². The minimum atomic E-state index is -1.46. The average molecular weight is 856 g/mol. The van der Waals surface area contributed by atoms with Gasteiger partial charge in [0.25, 0.3) is 0 Å². The molecule has 0 saturated heterocycles. The summed E-state index contributed by atoms with van der Waals surface area (Å²) in [5, 5.41) is 0. The molecule has 0 aromatic heterocycles. The molecule has 61 heavy (non-hydrogen) atoms. The van der Waals surface area contributed by atoms with Crippen molar-refractivity contribution in [1.82, 2.24) is 0 Å². The summed E-state index contributed by atoms with van der Waals surface area (Å²) in [5.41, 5.74) is 4.37. The highest BCUT2D eigenvalue weighted by Crippen LogP contribution is 2.68. The van der Waals surface area contributed by atoms with Crippen LogP contribution in [0.5, 0.6) is 0 Å². The zero-order valence-corrected chi connectivity index (χ0v) is 44.2. The Labute approximate surface area is 386 Å². The normalized spacial score (nSPS) is 40.4. The van der Waals surface area contributed by atoms with Gasteiger partial charge in [-0.25, -0.2) is 8.78 Å². The highest BCUT2D eigenvalue weighted by molar-refractivity contribution is 5.22. The van der Waals surface area contributed by atoms with Crippen LogP contribution in [0.15, 0.2) is 18.2 Å². The van der Waals surface area contributed by atoms with Gasteiger partial charge in [0.2, 0.25) is 0 Å². The van der Waals surface area contributed by atoms with E-state index in [0.29, 0.717) is 68.5 Å². The van der Waals surface area contributed by atoms with Crippen molar-refractivity contribution >= 4 is 0 Å². The smallest absolute Gasteiger partial charge is 0.159 e. The topological polar surface area (TPSA) is 0 Å². The van der Waals surface area contributed by atoms with Gasteiger partial charge in [-0.3, -0.25) is 0 Å². The van der Waals surface area contributed by atoms with Crippen LogP contribution in [0.1, 0.15) is 252 Å². The lowest BCUT2D eigenvalue weighted by Crippen LogP contribution is -2.61. The van der Waals surface area contributed by atoms with Crippen molar-refractivity contribution in [1.29, 1.82) is 0 Å². The van der Waals surface area contributed by atoms with Gasteiger partial charge in [-0.1, -0.05) is 177 Å². The fourth-order valence-corrected chi connectivity index (χ4v) is 14.6. The Hall–Kier alpha value is -0.920. The van der Waals surface area contributed by atoms with E-state index in [9.17, 15) is 8.78 Å². The summed E-state index contributed by atoms with van der Waals surface area (Å²) in [4.78, 5) is 0. The molecule has 0 atom stereocenters. The molecule has 5 aliphatic carbocycles. The van der Waals surface area contributed by atoms with E-state index >= 15 is 0 Å². The quantitative estimate of drug-likeness (QED) is 0.277. The van der Waals surface area contributed by atoms with Crippen LogP contribution in [0.2, 0.25) is 0 Å². The van der Waals surface area contributed by atoms with Gasteiger partial charge in [0, 0.05) is 5.48 Å². The van der Waals surface area contributed by atoms with Gasteiger partial charge in [0.05, 0.1) is 0 Å². The monoisotopic (exact) mass is 855 g/mol. The maximum absolute atomic E-state index is 13.5. The first-order chi connectivity index (χ1) is 29.1. The molecule has 0 spiro atoms. The van der Waals surface area contributed by atoms with Crippen LogP contribution >= 0.6 is 0 Å². The van der Waals surface area contributed by atoms with Gasteiger partial charge >= 0.3 is 0 Å². The first kappa shape index (κ1) is 46.6. The van der Waals surface area contributed by atoms with Crippen molar-refractivity contribution in [3.8, 4) is 0 Å². The summed E-state index contributed by atoms with van der Waals surface area (Å²) in [6.45, 7) is 51.8. The van der Waals surface area contributed by atoms with Gasteiger partial charge in [0.1, 0.15) is 0 Å². The van der Waals surface area contributed by atoms with Crippen LogP contribution in [0.3, 0.4) is 0 Å². The van der Waals surface area contributed by atoms with Crippen molar-refractivity contribution in [2.24, 2.45) is 96.6 Å². The number of hydrogen-bond donors (Lipinski definition) is 0.